The van der Waals surface area contributed by atoms with Crippen LogP contribution in [0.1, 0.15) is 120 Å². The Kier molecular flexibility index (Phi) is 12.9. The summed E-state index contributed by atoms with van der Waals surface area (Å²) < 4.78 is 11.3. The first-order chi connectivity index (χ1) is 17.7. The van der Waals surface area contributed by atoms with Crippen LogP contribution in [-0.4, -0.2) is 17.6 Å². The first-order valence-corrected chi connectivity index (χ1v) is 14.6. The Morgan fingerprint density at radius 2 is 1.42 bits per heavy atom. The van der Waals surface area contributed by atoms with Gasteiger partial charge in [-0.25, -0.2) is 4.79 Å². The van der Waals surface area contributed by atoms with Gasteiger partial charge in [-0.15, -0.1) is 0 Å². The SMILES string of the molecule is CCCCCCOc1ccc(C(=O)Oc2ccc(CCC3CCC(CCCCCC)CC3)nc2)cc1. The van der Waals surface area contributed by atoms with Gasteiger partial charge in [-0.05, 0) is 67.5 Å². The van der Waals surface area contributed by atoms with Crippen LogP contribution in [0, 0.1) is 11.8 Å². The number of nitrogens with zero attached hydrogens (tertiary/aromatic N) is 1. The third kappa shape index (κ3) is 10.3. The fourth-order valence-corrected chi connectivity index (χ4v) is 5.21. The van der Waals surface area contributed by atoms with E-state index in [0.29, 0.717) is 17.9 Å². The number of pyridine rings is 1. The van der Waals surface area contributed by atoms with Gasteiger partial charge in [0.15, 0.2) is 0 Å². The van der Waals surface area contributed by atoms with Crippen LogP contribution in [0.25, 0.3) is 0 Å². The molecule has 4 nitrogen and oxygen atoms in total. The molecular weight excluding hydrogens is 446 g/mol. The van der Waals surface area contributed by atoms with Gasteiger partial charge in [0.05, 0.1) is 18.4 Å². The van der Waals surface area contributed by atoms with Crippen LogP contribution in [0.4, 0.5) is 0 Å². The summed E-state index contributed by atoms with van der Waals surface area (Å²) in [6.45, 7) is 5.19. The van der Waals surface area contributed by atoms with Gasteiger partial charge in [-0.1, -0.05) is 90.9 Å². The molecule has 4 heteroatoms. The maximum atomic E-state index is 12.5. The number of carbonyl (C=O) groups excluding carboxylic acids is 1. The highest BCUT2D eigenvalue weighted by Crippen LogP contribution is 2.34. The lowest BCUT2D eigenvalue weighted by atomic mass is 9.78. The fraction of sp³-hybridized carbons (Fsp3) is 0.625. The molecule has 0 saturated heterocycles. The second kappa shape index (κ2) is 16.4. The van der Waals surface area contributed by atoms with Crippen LogP contribution in [0.2, 0.25) is 0 Å². The maximum Gasteiger partial charge on any atom is 0.343 e. The van der Waals surface area contributed by atoms with Crippen molar-refractivity contribution in [2.24, 2.45) is 11.8 Å². The molecule has 0 spiro atoms. The van der Waals surface area contributed by atoms with Crippen molar-refractivity contribution < 1.29 is 14.3 Å². The zero-order chi connectivity index (χ0) is 25.4. The molecule has 2 aromatic rings. The van der Waals surface area contributed by atoms with E-state index in [0.717, 1.165) is 36.1 Å². The summed E-state index contributed by atoms with van der Waals surface area (Å²) in [5.41, 5.74) is 1.59. The minimum absolute atomic E-state index is 0.370. The highest BCUT2D eigenvalue weighted by molar-refractivity contribution is 5.91. The fourth-order valence-electron chi connectivity index (χ4n) is 5.21. The summed E-state index contributed by atoms with van der Waals surface area (Å²) in [5, 5.41) is 0. The number of aryl methyl sites for hydroxylation is 1. The molecule has 1 heterocycles. The Morgan fingerprint density at radius 1 is 0.778 bits per heavy atom. The van der Waals surface area contributed by atoms with E-state index in [1.165, 1.54) is 83.5 Å². The highest BCUT2D eigenvalue weighted by Gasteiger charge is 2.20. The largest absolute Gasteiger partial charge is 0.494 e. The van der Waals surface area contributed by atoms with Crippen LogP contribution in [0.5, 0.6) is 11.5 Å². The van der Waals surface area contributed by atoms with Gasteiger partial charge in [0.25, 0.3) is 0 Å². The average Bonchev–Trinajstić information content (AvgIpc) is 2.91. The molecule has 36 heavy (non-hydrogen) atoms. The summed E-state index contributed by atoms with van der Waals surface area (Å²) in [4.78, 5) is 17.1. The topological polar surface area (TPSA) is 48.4 Å². The first-order valence-electron chi connectivity index (χ1n) is 14.6. The minimum Gasteiger partial charge on any atom is -0.494 e. The molecule has 0 amide bonds. The number of rotatable bonds is 16. The summed E-state index contributed by atoms with van der Waals surface area (Å²) in [6, 6.07) is 11.0. The van der Waals surface area contributed by atoms with Crippen LogP contribution in [0.3, 0.4) is 0 Å². The van der Waals surface area contributed by atoms with Gasteiger partial charge < -0.3 is 9.47 Å². The van der Waals surface area contributed by atoms with Crippen molar-refractivity contribution in [1.29, 1.82) is 0 Å². The molecule has 0 N–H and O–H groups in total. The number of hydrogen-bond acceptors (Lipinski definition) is 4. The predicted molar refractivity (Wildman–Crippen MR) is 148 cm³/mol. The number of ether oxygens (including phenoxy) is 2. The minimum atomic E-state index is -0.370. The molecule has 0 atom stereocenters. The number of unbranched alkanes of at least 4 members (excludes halogenated alkanes) is 6. The standard InChI is InChI=1S/C32H47NO3/c1-3-5-7-9-11-26-12-14-27(15-13-26)16-19-29-20-23-31(25-33-29)36-32(34)28-17-21-30(22-18-28)35-24-10-8-6-4-2/h17-18,20-23,25-27H,3-16,19,24H2,1-2H3. The zero-order valence-electron chi connectivity index (χ0n) is 22.7. The van der Waals surface area contributed by atoms with E-state index in [-0.39, 0.29) is 5.97 Å². The molecule has 198 valence electrons. The predicted octanol–water partition coefficient (Wildman–Crippen LogP) is 8.97. The number of hydrogen-bond donors (Lipinski definition) is 0. The molecule has 1 aliphatic carbocycles. The summed E-state index contributed by atoms with van der Waals surface area (Å²) in [6.07, 6.45) is 21.1. The molecule has 1 aromatic heterocycles. The first kappa shape index (κ1) is 28.2. The van der Waals surface area contributed by atoms with Gasteiger partial charge in [0.2, 0.25) is 0 Å². The van der Waals surface area contributed by atoms with Gasteiger partial charge in [0, 0.05) is 5.69 Å². The number of benzene rings is 1. The Morgan fingerprint density at radius 3 is 2.06 bits per heavy atom. The van der Waals surface area contributed by atoms with E-state index in [4.69, 9.17) is 9.47 Å². The van der Waals surface area contributed by atoms with E-state index in [9.17, 15) is 4.79 Å². The summed E-state index contributed by atoms with van der Waals surface area (Å²) >= 11 is 0. The second-order valence-electron chi connectivity index (χ2n) is 10.6. The molecule has 0 radical (unpaired) electrons. The third-order valence-electron chi connectivity index (χ3n) is 7.61. The van der Waals surface area contributed by atoms with Crippen molar-refractivity contribution in [3.05, 3.63) is 53.9 Å². The molecular formula is C32H47NO3. The molecule has 0 bridgehead atoms. The summed E-state index contributed by atoms with van der Waals surface area (Å²) in [5.74, 6) is 2.70. The Hall–Kier alpha value is -2.36. The molecule has 1 fully saturated rings. The van der Waals surface area contributed by atoms with Crippen molar-refractivity contribution in [3.63, 3.8) is 0 Å². The van der Waals surface area contributed by atoms with Crippen LogP contribution >= 0.6 is 0 Å². The highest BCUT2D eigenvalue weighted by atomic mass is 16.5. The maximum absolute atomic E-state index is 12.5. The lowest BCUT2D eigenvalue weighted by Gasteiger charge is -2.28. The molecule has 0 aliphatic heterocycles. The molecule has 0 unspecified atom stereocenters. The van der Waals surface area contributed by atoms with E-state index in [2.05, 4.69) is 18.8 Å². The molecule has 1 aromatic carbocycles. The van der Waals surface area contributed by atoms with Gasteiger partial charge in [-0.3, -0.25) is 4.98 Å². The Bertz CT molecular complexity index is 854. The lowest BCUT2D eigenvalue weighted by molar-refractivity contribution is 0.0734. The molecule has 1 aliphatic rings. The van der Waals surface area contributed by atoms with Gasteiger partial charge in [0.1, 0.15) is 11.5 Å². The van der Waals surface area contributed by atoms with Crippen LogP contribution in [0.15, 0.2) is 42.6 Å². The number of esters is 1. The quantitative estimate of drug-likeness (QED) is 0.173. The molecule has 3 rings (SSSR count). The number of aromatic nitrogens is 1. The van der Waals surface area contributed by atoms with Crippen molar-refractivity contribution >= 4 is 5.97 Å². The van der Waals surface area contributed by atoms with Crippen molar-refractivity contribution in [2.45, 2.75) is 110 Å². The Balaban J connectivity index is 1.34. The van der Waals surface area contributed by atoms with Gasteiger partial charge in [-0.2, -0.15) is 0 Å². The van der Waals surface area contributed by atoms with E-state index < -0.39 is 0 Å². The van der Waals surface area contributed by atoms with E-state index in [1.807, 2.05) is 24.3 Å². The second-order valence-corrected chi connectivity index (χ2v) is 10.6. The zero-order valence-corrected chi connectivity index (χ0v) is 22.7. The smallest absolute Gasteiger partial charge is 0.343 e. The average molecular weight is 494 g/mol. The van der Waals surface area contributed by atoms with Crippen LogP contribution < -0.4 is 9.47 Å². The summed E-state index contributed by atoms with van der Waals surface area (Å²) in [7, 11) is 0. The van der Waals surface area contributed by atoms with E-state index >= 15 is 0 Å². The lowest BCUT2D eigenvalue weighted by Crippen LogP contribution is -2.15. The monoisotopic (exact) mass is 493 g/mol. The Labute approximate surface area is 219 Å². The van der Waals surface area contributed by atoms with E-state index in [1.54, 1.807) is 18.3 Å². The molecule has 1 saturated carbocycles. The van der Waals surface area contributed by atoms with Gasteiger partial charge >= 0.3 is 5.97 Å². The van der Waals surface area contributed by atoms with Crippen LogP contribution in [-0.2, 0) is 6.42 Å². The van der Waals surface area contributed by atoms with Crippen molar-refractivity contribution in [3.8, 4) is 11.5 Å². The van der Waals surface area contributed by atoms with Crippen molar-refractivity contribution in [2.75, 3.05) is 6.61 Å². The number of carbonyl (C=O) groups is 1. The third-order valence-corrected chi connectivity index (χ3v) is 7.61. The normalized spacial score (nSPS) is 17.6. The van der Waals surface area contributed by atoms with Crippen molar-refractivity contribution in [1.82, 2.24) is 4.98 Å².